The summed E-state index contributed by atoms with van der Waals surface area (Å²) in [4.78, 5) is 17.3. The Labute approximate surface area is 168 Å². The van der Waals surface area contributed by atoms with Crippen molar-refractivity contribution in [2.24, 2.45) is 11.8 Å². The summed E-state index contributed by atoms with van der Waals surface area (Å²) in [5, 5.41) is 2.90. The van der Waals surface area contributed by atoms with Gasteiger partial charge in [0, 0.05) is 13.2 Å². The monoisotopic (exact) mass is 398 g/mol. The van der Waals surface area contributed by atoms with E-state index >= 15 is 0 Å². The molecule has 0 aliphatic heterocycles. The molecule has 1 atom stereocenters. The highest BCUT2D eigenvalue weighted by Crippen LogP contribution is 2.32. The van der Waals surface area contributed by atoms with E-state index in [0.29, 0.717) is 23.2 Å². The zero-order valence-corrected chi connectivity index (χ0v) is 17.4. The lowest BCUT2D eigenvalue weighted by Crippen LogP contribution is -2.32. The van der Waals surface area contributed by atoms with Crippen LogP contribution in [0.25, 0.3) is 0 Å². The van der Waals surface area contributed by atoms with E-state index in [1.165, 1.54) is 32.1 Å². The molecule has 2 rings (SSSR count). The molecule has 1 heterocycles. The molecule has 0 radical (unpaired) electrons. The number of esters is 1. The van der Waals surface area contributed by atoms with Crippen molar-refractivity contribution in [3.05, 3.63) is 30.1 Å². The molecule has 1 aromatic rings. The summed E-state index contributed by atoms with van der Waals surface area (Å²) in [5.41, 5.74) is 0.634. The number of hydrogen-bond donors (Lipinski definition) is 1. The highest BCUT2D eigenvalue weighted by atomic mass is 35.5. The smallest absolute Gasteiger partial charge is 0.322 e. The average Bonchev–Trinajstić information content (AvgIpc) is 2.66. The molecule has 1 N–H and O–H groups in total. The molecular formula is C20H31ClN2O2S. The summed E-state index contributed by atoms with van der Waals surface area (Å²) < 4.78 is 5.63. The molecular weight excluding hydrogens is 368 g/mol. The number of nitrogens with zero attached hydrogens (tertiary/aromatic N) is 1. The van der Waals surface area contributed by atoms with Crippen LogP contribution in [0.4, 0.5) is 0 Å². The van der Waals surface area contributed by atoms with Crippen LogP contribution in [0.5, 0.6) is 0 Å². The van der Waals surface area contributed by atoms with Gasteiger partial charge in [-0.1, -0.05) is 57.3 Å². The first-order valence-electron chi connectivity index (χ1n) is 9.44. The van der Waals surface area contributed by atoms with Gasteiger partial charge in [-0.2, -0.15) is 0 Å². The number of nitrogens with one attached hydrogen (secondary N) is 1. The summed E-state index contributed by atoms with van der Waals surface area (Å²) in [6.45, 7) is 2.74. The lowest BCUT2D eigenvalue weighted by molar-refractivity contribution is -0.145. The van der Waals surface area contributed by atoms with Crippen LogP contribution in [0, 0.1) is 11.8 Å². The average molecular weight is 399 g/mol. The molecule has 1 unspecified atom stereocenters. The summed E-state index contributed by atoms with van der Waals surface area (Å²) in [5.74, 6) is 0.424. The molecule has 6 heteroatoms. The second kappa shape index (κ2) is 12.2. The standard InChI is InChI=1S/C20H30N2O2S.ClH/c1-3-4-7-15-9-11-16(12-10-15)14-24-20(23)18(19(25)21-2)17-8-5-6-13-22-17;/h5-6,8,13,15-16,18H,3-4,7,9-12,14H2,1-2H3,(H,21,25);1H. The number of rotatable bonds is 8. The topological polar surface area (TPSA) is 51.2 Å². The summed E-state index contributed by atoms with van der Waals surface area (Å²) >= 11 is 5.31. The van der Waals surface area contributed by atoms with Crippen LogP contribution in [-0.4, -0.2) is 29.6 Å². The second-order valence-corrected chi connectivity index (χ2v) is 7.40. The van der Waals surface area contributed by atoms with Crippen molar-refractivity contribution in [3.8, 4) is 0 Å². The van der Waals surface area contributed by atoms with E-state index in [4.69, 9.17) is 17.0 Å². The van der Waals surface area contributed by atoms with Gasteiger partial charge in [0.15, 0.2) is 0 Å². The van der Waals surface area contributed by atoms with Crippen molar-refractivity contribution in [2.75, 3.05) is 13.7 Å². The molecule has 1 fully saturated rings. The number of carbonyl (C=O) groups excluding carboxylic acids is 1. The fourth-order valence-corrected chi connectivity index (χ4v) is 3.73. The van der Waals surface area contributed by atoms with Crippen LogP contribution < -0.4 is 5.32 Å². The summed E-state index contributed by atoms with van der Waals surface area (Å²) in [7, 11) is 1.73. The van der Waals surface area contributed by atoms with Gasteiger partial charge in [-0.3, -0.25) is 9.78 Å². The van der Waals surface area contributed by atoms with E-state index in [9.17, 15) is 4.79 Å². The van der Waals surface area contributed by atoms with Gasteiger partial charge < -0.3 is 10.1 Å². The van der Waals surface area contributed by atoms with Crippen molar-refractivity contribution in [1.29, 1.82) is 0 Å². The van der Waals surface area contributed by atoms with Gasteiger partial charge in [0.25, 0.3) is 0 Å². The molecule has 146 valence electrons. The number of pyridine rings is 1. The minimum absolute atomic E-state index is 0. The van der Waals surface area contributed by atoms with Crippen LogP contribution in [-0.2, 0) is 9.53 Å². The molecule has 1 aliphatic carbocycles. The highest BCUT2D eigenvalue weighted by molar-refractivity contribution is 7.80. The number of unbranched alkanes of at least 4 members (excludes halogenated alkanes) is 1. The van der Waals surface area contributed by atoms with E-state index < -0.39 is 5.92 Å². The van der Waals surface area contributed by atoms with Gasteiger partial charge in [-0.15, -0.1) is 12.4 Å². The van der Waals surface area contributed by atoms with Gasteiger partial charge in [-0.25, -0.2) is 0 Å². The normalized spacial score (nSPS) is 20.5. The molecule has 0 bridgehead atoms. The zero-order chi connectivity index (χ0) is 18.1. The number of likely N-dealkylation sites (N-methyl/N-ethyl adjacent to an activating group) is 1. The number of aromatic nitrogens is 1. The minimum Gasteiger partial charge on any atom is -0.465 e. The Bertz CT molecular complexity index is 548. The van der Waals surface area contributed by atoms with Gasteiger partial charge >= 0.3 is 5.97 Å². The molecule has 1 aromatic heterocycles. The third kappa shape index (κ3) is 6.84. The van der Waals surface area contributed by atoms with E-state index in [2.05, 4.69) is 17.2 Å². The fraction of sp³-hybridized carbons (Fsp3) is 0.650. The van der Waals surface area contributed by atoms with E-state index in [1.807, 2.05) is 18.2 Å². The molecule has 1 aliphatic rings. The number of hydrogen-bond acceptors (Lipinski definition) is 4. The fourth-order valence-electron chi connectivity index (χ4n) is 3.52. The van der Waals surface area contributed by atoms with Gasteiger partial charge in [-0.05, 0) is 36.8 Å². The number of thiocarbonyl (C=S) groups is 1. The largest absolute Gasteiger partial charge is 0.465 e. The Morgan fingerprint density at radius 1 is 1.31 bits per heavy atom. The predicted molar refractivity (Wildman–Crippen MR) is 112 cm³/mol. The number of carbonyl (C=O) groups is 1. The second-order valence-electron chi connectivity index (χ2n) is 6.96. The van der Waals surface area contributed by atoms with Crippen LogP contribution in [0.3, 0.4) is 0 Å². The van der Waals surface area contributed by atoms with Crippen molar-refractivity contribution in [3.63, 3.8) is 0 Å². The SMILES string of the molecule is CCCCC1CCC(COC(=O)C(C(=S)NC)c2ccccn2)CC1.Cl. The molecule has 0 aromatic carbocycles. The Balaban J connectivity index is 0.00000338. The zero-order valence-electron chi connectivity index (χ0n) is 15.8. The third-order valence-electron chi connectivity index (χ3n) is 5.12. The Hall–Kier alpha value is -1.20. The maximum atomic E-state index is 12.6. The molecule has 26 heavy (non-hydrogen) atoms. The van der Waals surface area contributed by atoms with Crippen LogP contribution in [0.2, 0.25) is 0 Å². The first-order valence-corrected chi connectivity index (χ1v) is 9.85. The van der Waals surface area contributed by atoms with Gasteiger partial charge in [0.1, 0.15) is 5.92 Å². The molecule has 1 saturated carbocycles. The summed E-state index contributed by atoms with van der Waals surface area (Å²) in [6, 6.07) is 5.50. The quantitative estimate of drug-likeness (QED) is 0.509. The number of ether oxygens (including phenoxy) is 1. The Morgan fingerprint density at radius 2 is 2.00 bits per heavy atom. The van der Waals surface area contributed by atoms with Crippen molar-refractivity contribution >= 4 is 35.6 Å². The van der Waals surface area contributed by atoms with Crippen LogP contribution in [0.1, 0.15) is 63.5 Å². The van der Waals surface area contributed by atoms with Crippen molar-refractivity contribution < 1.29 is 9.53 Å². The van der Waals surface area contributed by atoms with E-state index in [-0.39, 0.29) is 18.4 Å². The van der Waals surface area contributed by atoms with Crippen molar-refractivity contribution in [2.45, 2.75) is 57.8 Å². The Kier molecular flexibility index (Phi) is 10.7. The minimum atomic E-state index is -0.623. The maximum absolute atomic E-state index is 12.6. The predicted octanol–water partition coefficient (Wildman–Crippen LogP) is 4.67. The summed E-state index contributed by atoms with van der Waals surface area (Å²) in [6.07, 6.45) is 10.5. The molecule has 0 saturated heterocycles. The first-order chi connectivity index (χ1) is 12.2. The maximum Gasteiger partial charge on any atom is 0.322 e. The van der Waals surface area contributed by atoms with Crippen LogP contribution >= 0.6 is 24.6 Å². The van der Waals surface area contributed by atoms with Gasteiger partial charge in [0.05, 0.1) is 17.3 Å². The van der Waals surface area contributed by atoms with Crippen LogP contribution in [0.15, 0.2) is 24.4 Å². The highest BCUT2D eigenvalue weighted by Gasteiger charge is 2.29. The van der Waals surface area contributed by atoms with E-state index in [1.54, 1.807) is 13.2 Å². The van der Waals surface area contributed by atoms with E-state index in [0.717, 1.165) is 18.8 Å². The Morgan fingerprint density at radius 3 is 2.58 bits per heavy atom. The lowest BCUT2D eigenvalue weighted by atomic mass is 9.80. The van der Waals surface area contributed by atoms with Crippen molar-refractivity contribution in [1.82, 2.24) is 10.3 Å². The first kappa shape index (κ1) is 22.8. The molecule has 0 amide bonds. The molecule has 4 nitrogen and oxygen atoms in total. The number of halogens is 1. The molecule has 0 spiro atoms. The van der Waals surface area contributed by atoms with Gasteiger partial charge in [0.2, 0.25) is 0 Å². The third-order valence-corrected chi connectivity index (χ3v) is 5.56. The lowest BCUT2D eigenvalue weighted by Gasteiger charge is -2.28.